The number of fused-ring (bicyclic) bond motifs is 2. The van der Waals surface area contributed by atoms with Gasteiger partial charge in [-0.15, -0.1) is 0 Å². The third-order valence-corrected chi connectivity index (χ3v) is 4.56. The highest BCUT2D eigenvalue weighted by atomic mass is 16.5. The number of carbonyl (C=O) groups is 1. The molecule has 1 aliphatic rings. The van der Waals surface area contributed by atoms with Gasteiger partial charge in [-0.1, -0.05) is 13.8 Å². The van der Waals surface area contributed by atoms with E-state index >= 15 is 0 Å². The molecule has 4 rings (SSSR count). The van der Waals surface area contributed by atoms with Gasteiger partial charge >= 0.3 is 5.97 Å². The predicted octanol–water partition coefficient (Wildman–Crippen LogP) is 4.24. The van der Waals surface area contributed by atoms with E-state index in [1.807, 2.05) is 12.1 Å². The zero-order valence-corrected chi connectivity index (χ0v) is 16.1. The number of nitrogens with one attached hydrogen (secondary N) is 1. The monoisotopic (exact) mass is 377 g/mol. The SMILES string of the molecule is CC(C)CNc1cnc2ccc(C(=O)Oc3ccc4c(c3)CCCO4)cc2n1. The third-order valence-electron chi connectivity index (χ3n) is 4.56. The Kier molecular flexibility index (Phi) is 5.10. The molecular formula is C22H23N3O3. The summed E-state index contributed by atoms with van der Waals surface area (Å²) in [6.07, 6.45) is 3.61. The van der Waals surface area contributed by atoms with Gasteiger partial charge in [0.05, 0.1) is 29.4 Å². The lowest BCUT2D eigenvalue weighted by atomic mass is 10.1. The highest BCUT2D eigenvalue weighted by molar-refractivity contribution is 5.94. The number of esters is 1. The van der Waals surface area contributed by atoms with Crippen LogP contribution in [-0.4, -0.2) is 29.1 Å². The van der Waals surface area contributed by atoms with Gasteiger partial charge < -0.3 is 14.8 Å². The summed E-state index contributed by atoms with van der Waals surface area (Å²) in [5.41, 5.74) is 2.90. The van der Waals surface area contributed by atoms with Crippen LogP contribution in [0.25, 0.3) is 11.0 Å². The zero-order chi connectivity index (χ0) is 19.5. The van der Waals surface area contributed by atoms with E-state index in [0.717, 1.165) is 42.8 Å². The fourth-order valence-corrected chi connectivity index (χ4v) is 3.10. The average molecular weight is 377 g/mol. The van der Waals surface area contributed by atoms with E-state index in [9.17, 15) is 4.79 Å². The summed E-state index contributed by atoms with van der Waals surface area (Å²) in [7, 11) is 0. The highest BCUT2D eigenvalue weighted by Gasteiger charge is 2.15. The van der Waals surface area contributed by atoms with Crippen molar-refractivity contribution >= 4 is 22.8 Å². The van der Waals surface area contributed by atoms with Crippen LogP contribution in [0.2, 0.25) is 0 Å². The van der Waals surface area contributed by atoms with Crippen LogP contribution < -0.4 is 14.8 Å². The lowest BCUT2D eigenvalue weighted by Gasteiger charge is -2.17. The molecule has 0 fully saturated rings. The number of benzene rings is 2. The highest BCUT2D eigenvalue weighted by Crippen LogP contribution is 2.29. The number of ether oxygens (including phenoxy) is 2. The van der Waals surface area contributed by atoms with Crippen LogP contribution in [0.15, 0.2) is 42.6 Å². The molecule has 0 saturated heterocycles. The summed E-state index contributed by atoms with van der Waals surface area (Å²) < 4.78 is 11.2. The summed E-state index contributed by atoms with van der Waals surface area (Å²) in [6, 6.07) is 10.7. The second-order valence-electron chi connectivity index (χ2n) is 7.34. The molecule has 0 aliphatic carbocycles. The van der Waals surface area contributed by atoms with Gasteiger partial charge in [-0.25, -0.2) is 9.78 Å². The first-order valence-corrected chi connectivity index (χ1v) is 9.57. The maximum atomic E-state index is 12.6. The predicted molar refractivity (Wildman–Crippen MR) is 108 cm³/mol. The summed E-state index contributed by atoms with van der Waals surface area (Å²) in [5.74, 6) is 2.17. The standard InChI is InChI=1S/C22H23N3O3/c1-14(2)12-24-21-13-23-18-7-5-16(11-19(18)25-21)22(26)28-17-6-8-20-15(10-17)4-3-9-27-20/h5-8,10-11,13-14H,3-4,9,12H2,1-2H3,(H,24,25). The van der Waals surface area contributed by atoms with Gasteiger partial charge in [-0.05, 0) is 60.7 Å². The number of aromatic nitrogens is 2. The van der Waals surface area contributed by atoms with Gasteiger partial charge in [0, 0.05) is 6.54 Å². The van der Waals surface area contributed by atoms with Crippen molar-refractivity contribution in [2.75, 3.05) is 18.5 Å². The van der Waals surface area contributed by atoms with Crippen molar-refractivity contribution in [2.24, 2.45) is 5.92 Å². The average Bonchev–Trinajstić information content (AvgIpc) is 2.71. The molecule has 0 unspecified atom stereocenters. The van der Waals surface area contributed by atoms with Gasteiger partial charge in [0.25, 0.3) is 0 Å². The molecule has 2 aromatic carbocycles. The van der Waals surface area contributed by atoms with Gasteiger partial charge in [-0.2, -0.15) is 0 Å². The Bertz CT molecular complexity index is 1020. The van der Waals surface area contributed by atoms with Crippen LogP contribution in [0.5, 0.6) is 11.5 Å². The van der Waals surface area contributed by atoms with Crippen molar-refractivity contribution in [1.82, 2.24) is 9.97 Å². The van der Waals surface area contributed by atoms with E-state index in [4.69, 9.17) is 9.47 Å². The van der Waals surface area contributed by atoms with E-state index in [1.54, 1.807) is 30.5 Å². The first-order valence-electron chi connectivity index (χ1n) is 9.57. The largest absolute Gasteiger partial charge is 0.493 e. The minimum absolute atomic E-state index is 0.416. The second-order valence-corrected chi connectivity index (χ2v) is 7.34. The van der Waals surface area contributed by atoms with Crippen molar-refractivity contribution in [3.63, 3.8) is 0 Å². The number of nitrogens with zero attached hydrogens (tertiary/aromatic N) is 2. The first kappa shape index (κ1) is 18.2. The summed E-state index contributed by atoms with van der Waals surface area (Å²) in [5, 5.41) is 3.25. The second kappa shape index (κ2) is 7.84. The Hall–Kier alpha value is -3.15. The molecule has 28 heavy (non-hydrogen) atoms. The molecule has 3 aromatic rings. The molecule has 1 aromatic heterocycles. The molecule has 0 bridgehead atoms. The van der Waals surface area contributed by atoms with Gasteiger partial charge in [0.1, 0.15) is 17.3 Å². The Morgan fingerprint density at radius 1 is 1.21 bits per heavy atom. The van der Waals surface area contributed by atoms with Crippen LogP contribution in [-0.2, 0) is 6.42 Å². The van der Waals surface area contributed by atoms with Crippen molar-refractivity contribution in [3.05, 3.63) is 53.7 Å². The van der Waals surface area contributed by atoms with Crippen molar-refractivity contribution < 1.29 is 14.3 Å². The molecule has 6 nitrogen and oxygen atoms in total. The first-order chi connectivity index (χ1) is 13.6. The maximum Gasteiger partial charge on any atom is 0.343 e. The molecule has 1 aliphatic heterocycles. The normalized spacial score (nSPS) is 13.1. The molecule has 0 atom stereocenters. The maximum absolute atomic E-state index is 12.6. The number of rotatable bonds is 5. The van der Waals surface area contributed by atoms with E-state index in [0.29, 0.717) is 28.6 Å². The summed E-state index contributed by atoms with van der Waals surface area (Å²) in [6.45, 7) is 5.80. The summed E-state index contributed by atoms with van der Waals surface area (Å²) >= 11 is 0. The minimum Gasteiger partial charge on any atom is -0.493 e. The van der Waals surface area contributed by atoms with E-state index < -0.39 is 5.97 Å². The van der Waals surface area contributed by atoms with Gasteiger partial charge in [0.15, 0.2) is 0 Å². The quantitative estimate of drug-likeness (QED) is 0.529. The molecule has 6 heteroatoms. The van der Waals surface area contributed by atoms with Crippen LogP contribution >= 0.6 is 0 Å². The van der Waals surface area contributed by atoms with Crippen molar-refractivity contribution in [1.29, 1.82) is 0 Å². The molecule has 144 valence electrons. The van der Waals surface area contributed by atoms with Crippen LogP contribution in [0.1, 0.15) is 36.2 Å². The molecule has 0 saturated carbocycles. The van der Waals surface area contributed by atoms with E-state index in [2.05, 4.69) is 29.1 Å². The van der Waals surface area contributed by atoms with E-state index in [1.165, 1.54) is 0 Å². The Balaban J connectivity index is 1.53. The topological polar surface area (TPSA) is 73.3 Å². The Morgan fingerprint density at radius 3 is 2.96 bits per heavy atom. The minimum atomic E-state index is -0.416. The number of anilines is 1. The van der Waals surface area contributed by atoms with Gasteiger partial charge in [0.2, 0.25) is 0 Å². The fourth-order valence-electron chi connectivity index (χ4n) is 3.10. The lowest BCUT2D eigenvalue weighted by Crippen LogP contribution is -2.11. The molecule has 0 amide bonds. The van der Waals surface area contributed by atoms with Crippen LogP contribution in [0, 0.1) is 5.92 Å². The smallest absolute Gasteiger partial charge is 0.343 e. The Labute approximate surface area is 163 Å². The number of carbonyl (C=O) groups excluding carboxylic acids is 1. The van der Waals surface area contributed by atoms with Crippen molar-refractivity contribution in [2.45, 2.75) is 26.7 Å². The summed E-state index contributed by atoms with van der Waals surface area (Å²) in [4.78, 5) is 21.6. The Morgan fingerprint density at radius 2 is 2.11 bits per heavy atom. The molecule has 0 radical (unpaired) electrons. The number of hydrogen-bond acceptors (Lipinski definition) is 6. The van der Waals surface area contributed by atoms with E-state index in [-0.39, 0.29) is 0 Å². The lowest BCUT2D eigenvalue weighted by molar-refractivity contribution is 0.0734. The van der Waals surface area contributed by atoms with Crippen LogP contribution in [0.3, 0.4) is 0 Å². The van der Waals surface area contributed by atoms with Gasteiger partial charge in [-0.3, -0.25) is 4.98 Å². The number of aryl methyl sites for hydroxylation is 1. The van der Waals surface area contributed by atoms with Crippen molar-refractivity contribution in [3.8, 4) is 11.5 Å². The molecular weight excluding hydrogens is 354 g/mol. The number of hydrogen-bond donors (Lipinski definition) is 1. The molecule has 2 heterocycles. The fraction of sp³-hybridized carbons (Fsp3) is 0.318. The van der Waals surface area contributed by atoms with Crippen LogP contribution in [0.4, 0.5) is 5.82 Å². The molecule has 1 N–H and O–H groups in total. The third kappa shape index (κ3) is 4.06. The molecule has 0 spiro atoms. The zero-order valence-electron chi connectivity index (χ0n) is 16.1.